The highest BCUT2D eigenvalue weighted by molar-refractivity contribution is 5.85. The van der Waals surface area contributed by atoms with Crippen LogP contribution < -0.4 is 11.5 Å². The summed E-state index contributed by atoms with van der Waals surface area (Å²) >= 11 is 0. The number of hydrogen-bond acceptors (Lipinski definition) is 2. The van der Waals surface area contributed by atoms with Gasteiger partial charge in [0.2, 0.25) is 0 Å². The Morgan fingerprint density at radius 2 is 0.909 bits per heavy atom. The zero-order valence-electron chi connectivity index (χ0n) is 12.7. The second kappa shape index (κ2) is 11.5. The summed E-state index contributed by atoms with van der Waals surface area (Å²) in [5.74, 6) is 0. The second-order valence-electron chi connectivity index (χ2n) is 5.48. The largest absolute Gasteiger partial charge is 0.327 e. The Kier molecular flexibility index (Phi) is 10.9. The normalized spacial score (nSPS) is 12.6. The van der Waals surface area contributed by atoms with Crippen LogP contribution in [0.4, 0.5) is 0 Å². The summed E-state index contributed by atoms with van der Waals surface area (Å²) in [5, 5.41) is 0. The molecular weight excluding hydrogens is 315 g/mol. The van der Waals surface area contributed by atoms with Gasteiger partial charge < -0.3 is 11.5 Å². The quantitative estimate of drug-likeness (QED) is 0.806. The third-order valence-electron chi connectivity index (χ3n) is 3.59. The van der Waals surface area contributed by atoms with Crippen LogP contribution in [0, 0.1) is 0 Å². The summed E-state index contributed by atoms with van der Waals surface area (Å²) in [4.78, 5) is 0. The predicted octanol–water partition coefficient (Wildman–Crippen LogP) is 3.75. The highest BCUT2D eigenvalue weighted by Crippen LogP contribution is 2.10. The van der Waals surface area contributed by atoms with E-state index in [9.17, 15) is 0 Å². The van der Waals surface area contributed by atoms with Crippen LogP contribution in [0.15, 0.2) is 60.7 Å². The van der Waals surface area contributed by atoms with E-state index in [2.05, 4.69) is 48.5 Å². The zero-order chi connectivity index (χ0) is 14.2. The van der Waals surface area contributed by atoms with Gasteiger partial charge in [-0.3, -0.25) is 0 Å². The van der Waals surface area contributed by atoms with E-state index in [1.165, 1.54) is 11.1 Å². The number of rotatable bonds is 7. The van der Waals surface area contributed by atoms with Crippen LogP contribution in [0.1, 0.15) is 24.0 Å². The standard InChI is InChI=1S/C18H24N2.2ClH/c19-17(13-15-7-3-1-4-8-15)11-12-18(20)14-16-9-5-2-6-10-16;;/h1-10,17-18H,11-14,19-20H2;2*1H/t17-,18-;;/m0../s1. The molecule has 2 aromatic carbocycles. The van der Waals surface area contributed by atoms with Crippen molar-refractivity contribution in [2.45, 2.75) is 37.8 Å². The van der Waals surface area contributed by atoms with Crippen molar-refractivity contribution < 1.29 is 0 Å². The molecule has 0 radical (unpaired) electrons. The fraction of sp³-hybridized carbons (Fsp3) is 0.333. The number of nitrogens with two attached hydrogens (primary N) is 2. The molecule has 0 bridgehead atoms. The first kappa shape index (κ1) is 20.9. The van der Waals surface area contributed by atoms with Gasteiger partial charge in [-0.15, -0.1) is 24.8 Å². The molecule has 4 N–H and O–H groups in total. The zero-order valence-corrected chi connectivity index (χ0v) is 14.4. The van der Waals surface area contributed by atoms with Crippen molar-refractivity contribution in [1.82, 2.24) is 0 Å². The third kappa shape index (κ3) is 7.81. The van der Waals surface area contributed by atoms with Crippen LogP contribution in [0.2, 0.25) is 0 Å². The minimum Gasteiger partial charge on any atom is -0.327 e. The van der Waals surface area contributed by atoms with Crippen LogP contribution in [0.5, 0.6) is 0 Å². The summed E-state index contributed by atoms with van der Waals surface area (Å²) in [6.45, 7) is 0. The van der Waals surface area contributed by atoms with Crippen molar-refractivity contribution in [2.24, 2.45) is 11.5 Å². The summed E-state index contributed by atoms with van der Waals surface area (Å²) in [5.41, 5.74) is 15.0. The van der Waals surface area contributed by atoms with Gasteiger partial charge in [0.15, 0.2) is 0 Å². The Morgan fingerprint density at radius 3 is 1.23 bits per heavy atom. The molecule has 0 spiro atoms. The average Bonchev–Trinajstić information content (AvgIpc) is 2.47. The molecule has 122 valence electrons. The molecule has 0 aromatic heterocycles. The van der Waals surface area contributed by atoms with Gasteiger partial charge in [0.1, 0.15) is 0 Å². The van der Waals surface area contributed by atoms with Gasteiger partial charge in [-0.2, -0.15) is 0 Å². The minimum absolute atomic E-state index is 0. The molecule has 0 aliphatic carbocycles. The van der Waals surface area contributed by atoms with Crippen molar-refractivity contribution in [2.75, 3.05) is 0 Å². The van der Waals surface area contributed by atoms with E-state index in [1.807, 2.05) is 12.1 Å². The monoisotopic (exact) mass is 340 g/mol. The molecule has 2 nitrogen and oxygen atoms in total. The SMILES string of the molecule is Cl.Cl.N[C@@H](CC[C@H](N)Cc1ccccc1)Cc1ccccc1. The van der Waals surface area contributed by atoms with E-state index in [4.69, 9.17) is 11.5 Å². The molecule has 0 fully saturated rings. The second-order valence-corrected chi connectivity index (χ2v) is 5.48. The lowest BCUT2D eigenvalue weighted by Gasteiger charge is -2.16. The fourth-order valence-corrected chi connectivity index (χ4v) is 2.47. The van der Waals surface area contributed by atoms with Gasteiger partial charge in [0, 0.05) is 12.1 Å². The van der Waals surface area contributed by atoms with Gasteiger partial charge in [0.05, 0.1) is 0 Å². The predicted molar refractivity (Wildman–Crippen MR) is 100.0 cm³/mol. The Labute approximate surface area is 146 Å². The first-order valence-electron chi connectivity index (χ1n) is 7.33. The lowest BCUT2D eigenvalue weighted by atomic mass is 9.97. The number of benzene rings is 2. The number of halogens is 2. The van der Waals surface area contributed by atoms with Gasteiger partial charge in [-0.05, 0) is 36.8 Å². The molecule has 0 aliphatic rings. The van der Waals surface area contributed by atoms with E-state index in [0.29, 0.717) is 0 Å². The highest BCUT2D eigenvalue weighted by Gasteiger charge is 2.08. The van der Waals surface area contributed by atoms with Crippen LogP contribution in [0.25, 0.3) is 0 Å². The average molecular weight is 341 g/mol. The lowest BCUT2D eigenvalue weighted by Crippen LogP contribution is -2.29. The van der Waals surface area contributed by atoms with E-state index in [-0.39, 0.29) is 36.9 Å². The first-order valence-corrected chi connectivity index (χ1v) is 7.33. The Balaban J connectivity index is 0.00000220. The maximum atomic E-state index is 6.19. The van der Waals surface area contributed by atoms with E-state index in [1.54, 1.807) is 0 Å². The Bertz CT molecular complexity index is 443. The topological polar surface area (TPSA) is 52.0 Å². The van der Waals surface area contributed by atoms with Crippen LogP contribution in [-0.4, -0.2) is 12.1 Å². The summed E-state index contributed by atoms with van der Waals surface area (Å²) in [6, 6.07) is 21.2. The van der Waals surface area contributed by atoms with Crippen molar-refractivity contribution in [3.63, 3.8) is 0 Å². The molecule has 2 aromatic rings. The van der Waals surface area contributed by atoms with Crippen LogP contribution >= 0.6 is 24.8 Å². The highest BCUT2D eigenvalue weighted by atomic mass is 35.5. The molecule has 0 saturated carbocycles. The molecule has 2 atom stereocenters. The van der Waals surface area contributed by atoms with Crippen LogP contribution in [-0.2, 0) is 12.8 Å². The fourth-order valence-electron chi connectivity index (χ4n) is 2.47. The van der Waals surface area contributed by atoms with Gasteiger partial charge in [0.25, 0.3) is 0 Å². The van der Waals surface area contributed by atoms with Crippen molar-refractivity contribution in [3.05, 3.63) is 71.8 Å². The van der Waals surface area contributed by atoms with E-state index in [0.717, 1.165) is 25.7 Å². The maximum Gasteiger partial charge on any atom is 0.00799 e. The van der Waals surface area contributed by atoms with E-state index >= 15 is 0 Å². The lowest BCUT2D eigenvalue weighted by molar-refractivity contribution is 0.514. The smallest absolute Gasteiger partial charge is 0.00799 e. The van der Waals surface area contributed by atoms with Crippen molar-refractivity contribution in [1.29, 1.82) is 0 Å². The summed E-state index contributed by atoms with van der Waals surface area (Å²) in [6.07, 6.45) is 3.81. The summed E-state index contributed by atoms with van der Waals surface area (Å²) < 4.78 is 0. The number of hydrogen-bond donors (Lipinski definition) is 2. The third-order valence-corrected chi connectivity index (χ3v) is 3.59. The first-order chi connectivity index (χ1) is 9.74. The summed E-state index contributed by atoms with van der Waals surface area (Å²) in [7, 11) is 0. The molecule has 4 heteroatoms. The van der Waals surface area contributed by atoms with Gasteiger partial charge in [-0.25, -0.2) is 0 Å². The van der Waals surface area contributed by atoms with Gasteiger partial charge in [-0.1, -0.05) is 60.7 Å². The van der Waals surface area contributed by atoms with Crippen LogP contribution in [0.3, 0.4) is 0 Å². The Hall–Kier alpha value is -1.06. The Morgan fingerprint density at radius 1 is 0.591 bits per heavy atom. The molecule has 0 heterocycles. The van der Waals surface area contributed by atoms with E-state index < -0.39 is 0 Å². The van der Waals surface area contributed by atoms with Crippen molar-refractivity contribution in [3.8, 4) is 0 Å². The molecule has 0 aliphatic heterocycles. The minimum atomic E-state index is 0. The molecule has 2 rings (SSSR count). The van der Waals surface area contributed by atoms with Crippen molar-refractivity contribution >= 4 is 24.8 Å². The molecule has 22 heavy (non-hydrogen) atoms. The molecule has 0 unspecified atom stereocenters. The van der Waals surface area contributed by atoms with Gasteiger partial charge >= 0.3 is 0 Å². The molecular formula is C18H26Cl2N2. The molecule has 0 amide bonds. The molecule has 0 saturated heterocycles. The maximum absolute atomic E-state index is 6.19.